The molecule has 0 aliphatic rings. The third kappa shape index (κ3) is 2.02. The van der Waals surface area contributed by atoms with Crippen LogP contribution in [0.15, 0.2) is 18.2 Å². The van der Waals surface area contributed by atoms with Gasteiger partial charge in [-0.15, -0.1) is 0 Å². The number of hydrogen-bond acceptors (Lipinski definition) is 3. The van der Waals surface area contributed by atoms with Crippen molar-refractivity contribution in [1.29, 1.82) is 0 Å². The minimum absolute atomic E-state index is 0.238. The maximum Gasteiger partial charge on any atom is 0.441 e. The average molecular weight is 187 g/mol. The fourth-order valence-corrected chi connectivity index (χ4v) is 1.97. The highest BCUT2D eigenvalue weighted by Gasteiger charge is 2.35. The molecule has 3 nitrogen and oxygen atoms in total. The summed E-state index contributed by atoms with van der Waals surface area (Å²) in [5, 5.41) is 0.238. The number of benzene rings is 1. The van der Waals surface area contributed by atoms with E-state index in [9.17, 15) is 0 Å². The molecule has 1 aromatic carbocycles. The molecule has 0 saturated heterocycles. The van der Waals surface area contributed by atoms with Gasteiger partial charge in [0.1, 0.15) is 0 Å². The van der Waals surface area contributed by atoms with Crippen molar-refractivity contribution in [3.63, 3.8) is 0 Å². The van der Waals surface area contributed by atoms with E-state index in [1.165, 1.54) is 0 Å². The van der Waals surface area contributed by atoms with Gasteiger partial charge in [-0.05, 0) is 31.0 Å². The Kier molecular flexibility index (Phi) is 2.49. The zero-order valence-electron chi connectivity index (χ0n) is 7.02. The van der Waals surface area contributed by atoms with Crippen LogP contribution in [0.2, 0.25) is 0 Å². The second-order valence-corrected chi connectivity index (χ2v) is 4.48. The normalized spacial score (nSPS) is 11.8. The smallest absolute Gasteiger partial charge is 0.189 e. The van der Waals surface area contributed by atoms with Gasteiger partial charge in [0, 0.05) is 0 Å². The van der Waals surface area contributed by atoms with E-state index in [1.807, 2.05) is 13.0 Å². The monoisotopic (exact) mass is 187 g/mol. The Morgan fingerprint density at radius 2 is 1.67 bits per heavy atom. The lowest BCUT2D eigenvalue weighted by Gasteiger charge is -2.06. The predicted octanol–water partition coefficient (Wildman–Crippen LogP) is 0.668. The minimum atomic E-state index is -3.83. The maximum atomic E-state index is 9.02. The van der Waals surface area contributed by atoms with Crippen molar-refractivity contribution in [2.45, 2.75) is 13.8 Å². The van der Waals surface area contributed by atoms with E-state index in [0.29, 0.717) is 5.56 Å². The zero-order valence-corrected chi connectivity index (χ0v) is 7.92. The molecule has 4 heteroatoms. The van der Waals surface area contributed by atoms with Gasteiger partial charge >= 0.3 is 7.94 Å². The van der Waals surface area contributed by atoms with Crippen LogP contribution in [0.1, 0.15) is 11.1 Å². The first-order valence-corrected chi connectivity index (χ1v) is 5.21. The van der Waals surface area contributed by atoms with E-state index in [1.54, 1.807) is 19.1 Å². The Morgan fingerprint density at radius 1 is 1.08 bits per heavy atom. The molecule has 0 radical (unpaired) electrons. The van der Waals surface area contributed by atoms with Crippen LogP contribution < -0.4 is 5.30 Å². The van der Waals surface area contributed by atoms with Gasteiger partial charge in [0.25, 0.3) is 0 Å². The van der Waals surface area contributed by atoms with Crippen molar-refractivity contribution in [2.75, 3.05) is 0 Å². The summed E-state index contributed by atoms with van der Waals surface area (Å²) in [6.45, 7) is 3.56. The SMILES string of the molecule is Cc1ccc(C)c([P+](O)(O)O)c1. The first kappa shape index (κ1) is 9.62. The summed E-state index contributed by atoms with van der Waals surface area (Å²) < 4.78 is 0. The van der Waals surface area contributed by atoms with E-state index in [2.05, 4.69) is 0 Å². The van der Waals surface area contributed by atoms with Gasteiger partial charge < -0.3 is 0 Å². The number of aryl methyl sites for hydroxylation is 2. The van der Waals surface area contributed by atoms with Gasteiger partial charge in [0.2, 0.25) is 0 Å². The summed E-state index contributed by atoms with van der Waals surface area (Å²) in [6, 6.07) is 5.19. The van der Waals surface area contributed by atoms with Crippen molar-refractivity contribution in [3.05, 3.63) is 29.3 Å². The molecule has 3 N–H and O–H groups in total. The zero-order chi connectivity index (χ0) is 9.35. The summed E-state index contributed by atoms with van der Waals surface area (Å²) in [5.74, 6) is 0. The predicted molar refractivity (Wildman–Crippen MR) is 49.1 cm³/mol. The van der Waals surface area contributed by atoms with Crippen LogP contribution in [-0.4, -0.2) is 14.7 Å². The highest BCUT2D eigenvalue weighted by Crippen LogP contribution is 2.43. The van der Waals surface area contributed by atoms with Crippen LogP contribution in [-0.2, 0) is 0 Å². The lowest BCUT2D eigenvalue weighted by atomic mass is 10.2. The second kappa shape index (κ2) is 3.11. The molecule has 12 heavy (non-hydrogen) atoms. The fraction of sp³-hybridized carbons (Fsp3) is 0.250. The highest BCUT2D eigenvalue weighted by atomic mass is 31.2. The van der Waals surface area contributed by atoms with Crippen LogP contribution in [0.25, 0.3) is 0 Å². The molecule has 0 amide bonds. The fourth-order valence-electron chi connectivity index (χ4n) is 1.04. The topological polar surface area (TPSA) is 60.7 Å². The van der Waals surface area contributed by atoms with Crippen LogP contribution in [0, 0.1) is 13.8 Å². The van der Waals surface area contributed by atoms with Gasteiger partial charge in [-0.1, -0.05) is 12.1 Å². The van der Waals surface area contributed by atoms with Gasteiger partial charge in [0.15, 0.2) is 5.30 Å². The quantitative estimate of drug-likeness (QED) is 0.566. The van der Waals surface area contributed by atoms with Crippen LogP contribution in [0.3, 0.4) is 0 Å². The van der Waals surface area contributed by atoms with Crippen molar-refractivity contribution in [2.24, 2.45) is 0 Å². The Morgan fingerprint density at radius 3 is 2.08 bits per heavy atom. The lowest BCUT2D eigenvalue weighted by Crippen LogP contribution is -2.13. The summed E-state index contributed by atoms with van der Waals surface area (Å²) in [6.07, 6.45) is 0. The molecule has 0 unspecified atom stereocenters. The van der Waals surface area contributed by atoms with E-state index in [4.69, 9.17) is 14.7 Å². The molecular weight excluding hydrogens is 175 g/mol. The first-order valence-electron chi connectivity index (χ1n) is 3.56. The third-order valence-electron chi connectivity index (χ3n) is 1.69. The molecule has 0 fully saturated rings. The van der Waals surface area contributed by atoms with E-state index in [0.717, 1.165) is 5.56 Å². The molecule has 0 atom stereocenters. The lowest BCUT2D eigenvalue weighted by molar-refractivity contribution is 0.347. The Bertz CT molecular complexity index is 291. The molecule has 0 aromatic heterocycles. The van der Waals surface area contributed by atoms with E-state index >= 15 is 0 Å². The molecule has 0 bridgehead atoms. The Hall–Kier alpha value is -0.470. The van der Waals surface area contributed by atoms with E-state index < -0.39 is 7.94 Å². The van der Waals surface area contributed by atoms with Gasteiger partial charge in [-0.2, -0.15) is 14.7 Å². The van der Waals surface area contributed by atoms with Crippen LogP contribution in [0.4, 0.5) is 0 Å². The Balaban J connectivity index is 3.23. The third-order valence-corrected chi connectivity index (χ3v) is 2.82. The number of rotatable bonds is 1. The molecule has 0 aliphatic heterocycles. The summed E-state index contributed by atoms with van der Waals surface area (Å²) in [4.78, 5) is 27.0. The molecule has 0 aliphatic carbocycles. The van der Waals surface area contributed by atoms with Crippen molar-refractivity contribution in [1.82, 2.24) is 0 Å². The standard InChI is InChI=1S/C8H12O3P/c1-6-3-4-7(2)8(5-6)12(9,10)11/h3-5,9-11H,1-2H3/q+1. The average Bonchev–Trinajstić information content (AvgIpc) is 1.92. The van der Waals surface area contributed by atoms with Crippen LogP contribution >= 0.6 is 7.94 Å². The molecule has 1 rings (SSSR count). The van der Waals surface area contributed by atoms with Gasteiger partial charge in [0.05, 0.1) is 0 Å². The van der Waals surface area contributed by atoms with Crippen molar-refractivity contribution >= 4 is 13.2 Å². The Labute approximate surface area is 71.9 Å². The second-order valence-electron chi connectivity index (χ2n) is 2.86. The number of hydrogen-bond donors (Lipinski definition) is 3. The minimum Gasteiger partial charge on any atom is -0.189 e. The molecule has 1 aromatic rings. The molecule has 66 valence electrons. The van der Waals surface area contributed by atoms with Crippen LogP contribution in [0.5, 0.6) is 0 Å². The summed E-state index contributed by atoms with van der Waals surface area (Å²) in [7, 11) is -3.83. The summed E-state index contributed by atoms with van der Waals surface area (Å²) >= 11 is 0. The maximum absolute atomic E-state index is 9.02. The van der Waals surface area contributed by atoms with Crippen molar-refractivity contribution < 1.29 is 14.7 Å². The molecule has 0 heterocycles. The van der Waals surface area contributed by atoms with Crippen molar-refractivity contribution in [3.8, 4) is 0 Å². The summed E-state index contributed by atoms with van der Waals surface area (Å²) in [5.41, 5.74) is 1.60. The highest BCUT2D eigenvalue weighted by molar-refractivity contribution is 7.66. The first-order chi connectivity index (χ1) is 5.41. The molecule has 0 saturated carbocycles. The molecular formula is C8H12O3P+. The largest absolute Gasteiger partial charge is 0.441 e. The molecule has 0 spiro atoms. The van der Waals surface area contributed by atoms with Gasteiger partial charge in [-0.25, -0.2) is 0 Å². The van der Waals surface area contributed by atoms with E-state index in [-0.39, 0.29) is 5.30 Å². The van der Waals surface area contributed by atoms with Gasteiger partial charge in [-0.3, -0.25) is 0 Å².